The Kier molecular flexibility index (Phi) is 2.73. The fraction of sp³-hybridized carbons (Fsp3) is 0.667. The summed E-state index contributed by atoms with van der Waals surface area (Å²) in [6.45, 7) is 8.62. The molecule has 1 atom stereocenters. The van der Waals surface area contributed by atoms with Gasteiger partial charge in [-0.25, -0.2) is 0 Å². The van der Waals surface area contributed by atoms with E-state index in [1.807, 2.05) is 6.92 Å². The number of imidazole rings is 1. The second-order valence-corrected chi connectivity index (χ2v) is 4.02. The van der Waals surface area contributed by atoms with E-state index in [-0.39, 0.29) is 0 Å². The Balaban J connectivity index is 3.02. The zero-order chi connectivity index (χ0) is 9.30. The van der Waals surface area contributed by atoms with Gasteiger partial charge in [0.2, 0.25) is 0 Å². The lowest BCUT2D eigenvalue weighted by Gasteiger charge is -2.16. The summed E-state index contributed by atoms with van der Waals surface area (Å²) >= 11 is 5.18. The summed E-state index contributed by atoms with van der Waals surface area (Å²) in [5, 5.41) is 0. The van der Waals surface area contributed by atoms with E-state index in [9.17, 15) is 0 Å². The van der Waals surface area contributed by atoms with Gasteiger partial charge in [-0.2, -0.15) is 0 Å². The van der Waals surface area contributed by atoms with Gasteiger partial charge >= 0.3 is 0 Å². The van der Waals surface area contributed by atoms with Gasteiger partial charge in [-0.05, 0) is 32.0 Å². The van der Waals surface area contributed by atoms with E-state index in [4.69, 9.17) is 12.2 Å². The Morgan fingerprint density at radius 2 is 2.00 bits per heavy atom. The molecule has 1 rings (SSSR count). The number of aryl methyl sites for hydroxylation is 1. The van der Waals surface area contributed by atoms with Crippen LogP contribution in [0.15, 0.2) is 6.20 Å². The van der Waals surface area contributed by atoms with E-state index in [1.54, 1.807) is 0 Å². The molecule has 0 amide bonds. The van der Waals surface area contributed by atoms with Crippen molar-refractivity contribution in [2.45, 2.75) is 33.7 Å². The Morgan fingerprint density at radius 3 is 2.33 bits per heavy atom. The minimum absolute atomic E-state index is 0.474. The Morgan fingerprint density at radius 1 is 1.42 bits per heavy atom. The number of hydrogen-bond donors (Lipinski definition) is 1. The van der Waals surface area contributed by atoms with E-state index in [1.165, 1.54) is 0 Å². The number of hydrogen-bond acceptors (Lipinski definition) is 1. The molecule has 0 aliphatic heterocycles. The maximum absolute atomic E-state index is 5.18. The summed E-state index contributed by atoms with van der Waals surface area (Å²) in [5.74, 6) is 0.617. The topological polar surface area (TPSA) is 20.7 Å². The van der Waals surface area contributed by atoms with Crippen molar-refractivity contribution in [3.63, 3.8) is 0 Å². The number of aromatic nitrogens is 2. The number of rotatable bonds is 2. The fourth-order valence-electron chi connectivity index (χ4n) is 1.16. The van der Waals surface area contributed by atoms with Crippen LogP contribution in [-0.4, -0.2) is 9.55 Å². The lowest BCUT2D eigenvalue weighted by atomic mass is 10.1. The van der Waals surface area contributed by atoms with Crippen molar-refractivity contribution >= 4 is 12.2 Å². The van der Waals surface area contributed by atoms with Gasteiger partial charge in [0.25, 0.3) is 0 Å². The van der Waals surface area contributed by atoms with Gasteiger partial charge in [-0.3, -0.25) is 0 Å². The molecule has 1 heterocycles. The smallest absolute Gasteiger partial charge is 0.177 e. The Hall–Kier alpha value is -0.570. The molecule has 0 saturated carbocycles. The summed E-state index contributed by atoms with van der Waals surface area (Å²) in [5.41, 5.74) is 1.13. The third-order valence-corrected chi connectivity index (χ3v) is 2.59. The average molecular weight is 184 g/mol. The van der Waals surface area contributed by atoms with Crippen molar-refractivity contribution in [1.82, 2.24) is 9.55 Å². The normalized spacial score (nSPS) is 13.8. The van der Waals surface area contributed by atoms with Crippen LogP contribution in [0, 0.1) is 17.6 Å². The molecule has 0 aliphatic carbocycles. The molecule has 12 heavy (non-hydrogen) atoms. The maximum Gasteiger partial charge on any atom is 0.177 e. The lowest BCUT2D eigenvalue weighted by molar-refractivity contribution is 0.404. The van der Waals surface area contributed by atoms with Crippen LogP contribution >= 0.6 is 12.2 Å². The minimum atomic E-state index is 0.474. The van der Waals surface area contributed by atoms with Gasteiger partial charge in [0, 0.05) is 17.9 Å². The van der Waals surface area contributed by atoms with Crippen molar-refractivity contribution in [3.05, 3.63) is 16.7 Å². The molecule has 0 radical (unpaired) electrons. The molecule has 1 N–H and O–H groups in total. The quantitative estimate of drug-likeness (QED) is 0.700. The molecular formula is C9H16N2S. The van der Waals surface area contributed by atoms with E-state index in [0.29, 0.717) is 12.0 Å². The van der Waals surface area contributed by atoms with Gasteiger partial charge in [0.05, 0.1) is 0 Å². The van der Waals surface area contributed by atoms with Crippen molar-refractivity contribution in [2.24, 2.45) is 5.92 Å². The summed E-state index contributed by atoms with van der Waals surface area (Å²) in [6, 6.07) is 0.474. The first-order valence-corrected chi connectivity index (χ1v) is 4.71. The molecule has 1 aromatic heterocycles. The van der Waals surface area contributed by atoms with Crippen LogP contribution in [0.2, 0.25) is 0 Å². The van der Waals surface area contributed by atoms with Crippen LogP contribution in [0.1, 0.15) is 32.5 Å². The van der Waals surface area contributed by atoms with E-state index in [0.717, 1.165) is 10.5 Å². The van der Waals surface area contributed by atoms with Gasteiger partial charge < -0.3 is 9.55 Å². The third-order valence-electron chi connectivity index (χ3n) is 2.27. The van der Waals surface area contributed by atoms with Crippen LogP contribution < -0.4 is 0 Å². The monoisotopic (exact) mass is 184 g/mol. The molecule has 0 saturated heterocycles. The van der Waals surface area contributed by atoms with Crippen LogP contribution in [0.4, 0.5) is 0 Å². The summed E-state index contributed by atoms with van der Waals surface area (Å²) < 4.78 is 2.95. The largest absolute Gasteiger partial charge is 0.335 e. The molecule has 0 fully saturated rings. The third kappa shape index (κ3) is 1.78. The lowest BCUT2D eigenvalue weighted by Crippen LogP contribution is -2.10. The molecule has 1 unspecified atom stereocenters. The average Bonchev–Trinajstić information content (AvgIpc) is 2.28. The fourth-order valence-corrected chi connectivity index (χ4v) is 1.54. The first-order chi connectivity index (χ1) is 5.52. The van der Waals surface area contributed by atoms with E-state index < -0.39 is 0 Å². The number of nitrogens with one attached hydrogen (secondary N) is 1. The molecule has 1 aromatic rings. The molecule has 0 aliphatic rings. The minimum Gasteiger partial charge on any atom is -0.335 e. The van der Waals surface area contributed by atoms with Gasteiger partial charge in [0.15, 0.2) is 4.77 Å². The SMILES string of the molecule is Cc1cn(C(C)C(C)C)c(=S)[nH]1. The number of H-pyrrole nitrogens is 1. The van der Waals surface area contributed by atoms with Gasteiger partial charge in [-0.1, -0.05) is 13.8 Å². The van der Waals surface area contributed by atoms with Crippen molar-refractivity contribution in [2.75, 3.05) is 0 Å². The zero-order valence-corrected chi connectivity index (χ0v) is 8.90. The molecule has 3 heteroatoms. The van der Waals surface area contributed by atoms with Crippen molar-refractivity contribution in [1.29, 1.82) is 0 Å². The van der Waals surface area contributed by atoms with Gasteiger partial charge in [-0.15, -0.1) is 0 Å². The Labute approximate surface area is 78.6 Å². The highest BCUT2D eigenvalue weighted by atomic mass is 32.1. The molecule has 2 nitrogen and oxygen atoms in total. The van der Waals surface area contributed by atoms with Crippen molar-refractivity contribution < 1.29 is 0 Å². The summed E-state index contributed by atoms with van der Waals surface area (Å²) in [4.78, 5) is 3.12. The highest BCUT2D eigenvalue weighted by Crippen LogP contribution is 2.17. The highest BCUT2D eigenvalue weighted by Gasteiger charge is 2.09. The highest BCUT2D eigenvalue weighted by molar-refractivity contribution is 7.71. The second-order valence-electron chi connectivity index (χ2n) is 3.63. The summed E-state index contributed by atoms with van der Waals surface area (Å²) in [7, 11) is 0. The van der Waals surface area contributed by atoms with Crippen molar-refractivity contribution in [3.8, 4) is 0 Å². The second kappa shape index (κ2) is 3.44. The van der Waals surface area contributed by atoms with Crippen LogP contribution in [-0.2, 0) is 0 Å². The Bertz CT molecular complexity index is 309. The van der Waals surface area contributed by atoms with Crippen LogP contribution in [0.3, 0.4) is 0 Å². The summed E-state index contributed by atoms with van der Waals surface area (Å²) in [6.07, 6.45) is 2.08. The molecule has 0 spiro atoms. The van der Waals surface area contributed by atoms with E-state index >= 15 is 0 Å². The van der Waals surface area contributed by atoms with Gasteiger partial charge in [0.1, 0.15) is 0 Å². The van der Waals surface area contributed by atoms with E-state index in [2.05, 4.69) is 36.5 Å². The first-order valence-electron chi connectivity index (χ1n) is 4.30. The maximum atomic E-state index is 5.18. The number of nitrogens with zero attached hydrogens (tertiary/aromatic N) is 1. The predicted octanol–water partition coefficient (Wildman–Crippen LogP) is 3.07. The molecule has 0 aromatic carbocycles. The number of aromatic amines is 1. The van der Waals surface area contributed by atoms with Crippen LogP contribution in [0.25, 0.3) is 0 Å². The molecule has 0 bridgehead atoms. The van der Waals surface area contributed by atoms with Crippen LogP contribution in [0.5, 0.6) is 0 Å². The first kappa shape index (κ1) is 9.52. The standard InChI is InChI=1S/C9H16N2S/c1-6(2)8(4)11-5-7(3)10-9(11)12/h5-6,8H,1-4H3,(H,10,12). The molecule has 68 valence electrons. The predicted molar refractivity (Wildman–Crippen MR) is 53.9 cm³/mol. The molecular weight excluding hydrogens is 168 g/mol. The zero-order valence-electron chi connectivity index (χ0n) is 8.09.